The van der Waals surface area contributed by atoms with Crippen molar-refractivity contribution in [2.24, 2.45) is 5.92 Å². The number of hydrogen-bond acceptors (Lipinski definition) is 3. The second kappa shape index (κ2) is 7.39. The van der Waals surface area contributed by atoms with Crippen LogP contribution in [0.4, 0.5) is 0 Å². The van der Waals surface area contributed by atoms with Gasteiger partial charge in [-0.05, 0) is 12.0 Å². The highest BCUT2D eigenvalue weighted by Gasteiger charge is 2.12. The molecular weight excluding hydrogens is 204 g/mol. The topological polar surface area (TPSA) is 49.7 Å². The lowest BCUT2D eigenvalue weighted by molar-refractivity contribution is 0.0325. The van der Waals surface area contributed by atoms with Crippen molar-refractivity contribution in [3.63, 3.8) is 0 Å². The van der Waals surface area contributed by atoms with Gasteiger partial charge in [-0.3, -0.25) is 0 Å². The second-order valence-electron chi connectivity index (χ2n) is 4.05. The van der Waals surface area contributed by atoms with Gasteiger partial charge in [0, 0.05) is 19.1 Å². The predicted molar refractivity (Wildman–Crippen MR) is 63.0 cm³/mol. The lowest BCUT2D eigenvalue weighted by Crippen LogP contribution is -2.22. The number of ether oxygens (including phenoxy) is 1. The molecule has 90 valence electrons. The SMILES string of the molecule is C[C@H](CO)[C@H](O)CCOCc1ccccc1. The van der Waals surface area contributed by atoms with Crippen molar-refractivity contribution in [1.82, 2.24) is 0 Å². The molecule has 0 bridgehead atoms. The van der Waals surface area contributed by atoms with Gasteiger partial charge in [0.25, 0.3) is 0 Å². The maximum absolute atomic E-state index is 9.57. The Morgan fingerprint density at radius 1 is 1.25 bits per heavy atom. The van der Waals surface area contributed by atoms with Gasteiger partial charge >= 0.3 is 0 Å². The molecule has 0 spiro atoms. The average Bonchev–Trinajstić information content (AvgIpc) is 2.34. The van der Waals surface area contributed by atoms with Gasteiger partial charge in [0.2, 0.25) is 0 Å². The molecule has 0 aliphatic heterocycles. The zero-order valence-corrected chi connectivity index (χ0v) is 9.67. The van der Waals surface area contributed by atoms with E-state index in [-0.39, 0.29) is 12.5 Å². The highest BCUT2D eigenvalue weighted by Crippen LogP contribution is 2.07. The zero-order valence-electron chi connectivity index (χ0n) is 9.67. The van der Waals surface area contributed by atoms with Gasteiger partial charge in [-0.15, -0.1) is 0 Å². The van der Waals surface area contributed by atoms with Crippen LogP contribution in [-0.2, 0) is 11.3 Å². The van der Waals surface area contributed by atoms with Crippen LogP contribution in [0.15, 0.2) is 30.3 Å². The molecule has 0 heterocycles. The van der Waals surface area contributed by atoms with Crippen molar-refractivity contribution in [2.75, 3.05) is 13.2 Å². The normalized spacial score (nSPS) is 14.7. The maximum Gasteiger partial charge on any atom is 0.0716 e. The summed E-state index contributed by atoms with van der Waals surface area (Å²) in [5, 5.41) is 18.4. The Kier molecular flexibility index (Phi) is 6.08. The molecule has 0 saturated heterocycles. The summed E-state index contributed by atoms with van der Waals surface area (Å²) in [6, 6.07) is 9.93. The molecule has 0 aliphatic carbocycles. The molecule has 1 aromatic carbocycles. The Balaban J connectivity index is 2.13. The van der Waals surface area contributed by atoms with E-state index in [0.717, 1.165) is 5.56 Å². The van der Waals surface area contributed by atoms with Gasteiger partial charge in [0.05, 0.1) is 12.7 Å². The molecule has 1 rings (SSSR count). The smallest absolute Gasteiger partial charge is 0.0716 e. The zero-order chi connectivity index (χ0) is 11.8. The van der Waals surface area contributed by atoms with Crippen molar-refractivity contribution in [3.05, 3.63) is 35.9 Å². The van der Waals surface area contributed by atoms with E-state index in [2.05, 4.69) is 0 Å². The van der Waals surface area contributed by atoms with E-state index < -0.39 is 6.10 Å². The number of aliphatic hydroxyl groups excluding tert-OH is 2. The number of hydrogen-bond donors (Lipinski definition) is 2. The van der Waals surface area contributed by atoms with Crippen LogP contribution in [0.5, 0.6) is 0 Å². The predicted octanol–water partition coefficient (Wildman–Crippen LogP) is 1.58. The van der Waals surface area contributed by atoms with Crippen LogP contribution in [0.3, 0.4) is 0 Å². The Morgan fingerprint density at radius 2 is 1.94 bits per heavy atom. The number of aliphatic hydroxyl groups is 2. The Morgan fingerprint density at radius 3 is 2.56 bits per heavy atom. The molecular formula is C13H20O3. The Hall–Kier alpha value is -0.900. The molecule has 0 aromatic heterocycles. The molecule has 0 saturated carbocycles. The van der Waals surface area contributed by atoms with Crippen molar-refractivity contribution in [1.29, 1.82) is 0 Å². The molecule has 0 unspecified atom stereocenters. The van der Waals surface area contributed by atoms with E-state index in [9.17, 15) is 5.11 Å². The summed E-state index contributed by atoms with van der Waals surface area (Å²) in [5.74, 6) is -0.0830. The fourth-order valence-electron chi connectivity index (χ4n) is 1.37. The monoisotopic (exact) mass is 224 g/mol. The summed E-state index contributed by atoms with van der Waals surface area (Å²) in [7, 11) is 0. The molecule has 2 atom stereocenters. The summed E-state index contributed by atoms with van der Waals surface area (Å²) in [6.45, 7) is 2.92. The first-order valence-electron chi connectivity index (χ1n) is 5.64. The molecule has 2 N–H and O–H groups in total. The van der Waals surface area contributed by atoms with Crippen molar-refractivity contribution >= 4 is 0 Å². The van der Waals surface area contributed by atoms with E-state index in [1.54, 1.807) is 0 Å². The Bertz CT molecular complexity index is 274. The largest absolute Gasteiger partial charge is 0.396 e. The van der Waals surface area contributed by atoms with Gasteiger partial charge in [0.15, 0.2) is 0 Å². The third-order valence-electron chi connectivity index (χ3n) is 2.61. The minimum absolute atomic E-state index is 0.0137. The first-order chi connectivity index (χ1) is 7.74. The fraction of sp³-hybridized carbons (Fsp3) is 0.538. The first-order valence-corrected chi connectivity index (χ1v) is 5.64. The van der Waals surface area contributed by atoms with Gasteiger partial charge in [0.1, 0.15) is 0 Å². The third kappa shape index (κ3) is 4.75. The highest BCUT2D eigenvalue weighted by atomic mass is 16.5. The fourth-order valence-corrected chi connectivity index (χ4v) is 1.37. The summed E-state index contributed by atoms with van der Waals surface area (Å²) >= 11 is 0. The average molecular weight is 224 g/mol. The van der Waals surface area contributed by atoms with E-state index in [4.69, 9.17) is 9.84 Å². The summed E-state index contributed by atoms with van der Waals surface area (Å²) < 4.78 is 5.44. The number of benzene rings is 1. The van der Waals surface area contributed by atoms with Gasteiger partial charge in [-0.2, -0.15) is 0 Å². The van der Waals surface area contributed by atoms with Crippen molar-refractivity contribution in [3.8, 4) is 0 Å². The van der Waals surface area contributed by atoms with E-state index in [1.165, 1.54) is 0 Å². The van der Waals surface area contributed by atoms with Crippen LogP contribution >= 0.6 is 0 Å². The van der Waals surface area contributed by atoms with Crippen LogP contribution in [0.2, 0.25) is 0 Å². The molecule has 0 fully saturated rings. The van der Waals surface area contributed by atoms with E-state index in [1.807, 2.05) is 37.3 Å². The van der Waals surface area contributed by atoms with E-state index >= 15 is 0 Å². The minimum Gasteiger partial charge on any atom is -0.396 e. The minimum atomic E-state index is -0.485. The number of rotatable bonds is 7. The molecule has 3 heteroatoms. The van der Waals surface area contributed by atoms with Crippen molar-refractivity contribution in [2.45, 2.75) is 26.1 Å². The van der Waals surface area contributed by atoms with Gasteiger partial charge in [-0.1, -0.05) is 37.3 Å². The van der Waals surface area contributed by atoms with Gasteiger partial charge in [-0.25, -0.2) is 0 Å². The van der Waals surface area contributed by atoms with Crippen molar-refractivity contribution < 1.29 is 14.9 Å². The van der Waals surface area contributed by atoms with Crippen LogP contribution < -0.4 is 0 Å². The Labute approximate surface area is 96.7 Å². The van der Waals surface area contributed by atoms with E-state index in [0.29, 0.717) is 19.6 Å². The van der Waals surface area contributed by atoms with Crippen LogP contribution in [0.25, 0.3) is 0 Å². The van der Waals surface area contributed by atoms with Gasteiger partial charge < -0.3 is 14.9 Å². The second-order valence-corrected chi connectivity index (χ2v) is 4.05. The first kappa shape index (κ1) is 13.2. The summed E-state index contributed by atoms with van der Waals surface area (Å²) in [5.41, 5.74) is 1.13. The molecule has 0 amide bonds. The quantitative estimate of drug-likeness (QED) is 0.691. The standard InChI is InChI=1S/C13H20O3/c1-11(9-14)13(15)7-8-16-10-12-5-3-2-4-6-12/h2-6,11,13-15H,7-10H2,1H3/t11-,13-/m1/s1. The lowest BCUT2D eigenvalue weighted by atomic mass is 10.0. The summed E-state index contributed by atoms with van der Waals surface area (Å²) in [6.07, 6.45) is 0.0787. The maximum atomic E-state index is 9.57. The molecule has 0 aliphatic rings. The lowest BCUT2D eigenvalue weighted by Gasteiger charge is -2.16. The molecule has 16 heavy (non-hydrogen) atoms. The molecule has 0 radical (unpaired) electrons. The third-order valence-corrected chi connectivity index (χ3v) is 2.61. The van der Waals surface area contributed by atoms with Crippen LogP contribution in [0, 0.1) is 5.92 Å². The van der Waals surface area contributed by atoms with Crippen LogP contribution in [0.1, 0.15) is 18.9 Å². The summed E-state index contributed by atoms with van der Waals surface area (Å²) in [4.78, 5) is 0. The molecule has 3 nitrogen and oxygen atoms in total. The molecule has 1 aromatic rings. The highest BCUT2D eigenvalue weighted by molar-refractivity contribution is 5.13. The van der Waals surface area contributed by atoms with Crippen LogP contribution in [-0.4, -0.2) is 29.5 Å².